The third kappa shape index (κ3) is 2.90. The fourth-order valence-electron chi connectivity index (χ4n) is 2.43. The van der Waals surface area contributed by atoms with Crippen molar-refractivity contribution in [3.63, 3.8) is 0 Å². The van der Waals surface area contributed by atoms with Crippen LogP contribution in [0.15, 0.2) is 42.5 Å². The summed E-state index contributed by atoms with van der Waals surface area (Å²) in [6, 6.07) is 10.9. The quantitative estimate of drug-likeness (QED) is 0.657. The number of benzene rings is 2. The minimum Gasteiger partial charge on any atom is -0.327 e. The molecular formula is C16H13ClF2N2. The maximum absolute atomic E-state index is 13.4. The summed E-state index contributed by atoms with van der Waals surface area (Å²) in [6.45, 7) is 0.575. The average Bonchev–Trinajstić information content (AvgIpc) is 2.82. The highest BCUT2D eigenvalue weighted by Crippen LogP contribution is 2.19. The Bertz CT molecular complexity index is 783. The predicted octanol–water partition coefficient (Wildman–Crippen LogP) is 4.30. The Morgan fingerprint density at radius 3 is 2.62 bits per heavy atom. The van der Waals surface area contributed by atoms with Crippen molar-refractivity contribution in [2.24, 2.45) is 0 Å². The fourth-order valence-corrected chi connectivity index (χ4v) is 2.63. The van der Waals surface area contributed by atoms with Gasteiger partial charge in [0, 0.05) is 6.54 Å². The molecule has 5 heteroatoms. The average molecular weight is 307 g/mol. The van der Waals surface area contributed by atoms with Crippen molar-refractivity contribution >= 4 is 22.6 Å². The number of aryl methyl sites for hydroxylation is 2. The van der Waals surface area contributed by atoms with E-state index in [2.05, 4.69) is 4.98 Å². The van der Waals surface area contributed by atoms with Crippen molar-refractivity contribution < 1.29 is 8.78 Å². The number of halogens is 3. The lowest BCUT2D eigenvalue weighted by atomic mass is 10.1. The van der Waals surface area contributed by atoms with E-state index in [0.717, 1.165) is 5.56 Å². The monoisotopic (exact) mass is 306 g/mol. The van der Waals surface area contributed by atoms with E-state index in [1.54, 1.807) is 12.1 Å². The molecule has 1 aromatic heterocycles. The lowest BCUT2D eigenvalue weighted by molar-refractivity contribution is 0.620. The van der Waals surface area contributed by atoms with Gasteiger partial charge in [-0.25, -0.2) is 13.8 Å². The van der Waals surface area contributed by atoms with Crippen LogP contribution >= 0.6 is 11.6 Å². The maximum atomic E-state index is 13.4. The summed E-state index contributed by atoms with van der Waals surface area (Å²) in [6.07, 6.45) is 0.629. The molecule has 0 aliphatic carbocycles. The van der Waals surface area contributed by atoms with Gasteiger partial charge in [0.25, 0.3) is 0 Å². The first-order valence-corrected chi connectivity index (χ1v) is 7.16. The fraction of sp³-hybridized carbons (Fsp3) is 0.188. The van der Waals surface area contributed by atoms with E-state index in [1.807, 2.05) is 10.6 Å². The molecule has 0 saturated carbocycles. The molecule has 21 heavy (non-hydrogen) atoms. The number of hydrogen-bond donors (Lipinski definition) is 0. The van der Waals surface area contributed by atoms with Crippen LogP contribution in [0.3, 0.4) is 0 Å². The molecule has 0 atom stereocenters. The van der Waals surface area contributed by atoms with E-state index in [0.29, 0.717) is 29.8 Å². The number of alkyl halides is 1. The van der Waals surface area contributed by atoms with Crippen molar-refractivity contribution in [3.8, 4) is 0 Å². The summed E-state index contributed by atoms with van der Waals surface area (Å²) in [5, 5.41) is 0. The smallest absolute Gasteiger partial charge is 0.125 e. The second-order valence-corrected chi connectivity index (χ2v) is 5.09. The van der Waals surface area contributed by atoms with E-state index >= 15 is 0 Å². The lowest BCUT2D eigenvalue weighted by Gasteiger charge is -2.08. The van der Waals surface area contributed by atoms with Crippen LogP contribution < -0.4 is 0 Å². The first-order valence-electron chi connectivity index (χ1n) is 6.62. The first kappa shape index (κ1) is 14.0. The Hall–Kier alpha value is -1.94. The minimum absolute atomic E-state index is 0.249. The zero-order valence-corrected chi connectivity index (χ0v) is 11.9. The molecule has 0 radical (unpaired) electrons. The van der Waals surface area contributed by atoms with Crippen molar-refractivity contribution in [2.45, 2.75) is 18.8 Å². The summed E-state index contributed by atoms with van der Waals surface area (Å²) in [5.74, 6) is 0.371. The van der Waals surface area contributed by atoms with Crippen molar-refractivity contribution in [1.82, 2.24) is 9.55 Å². The van der Waals surface area contributed by atoms with Gasteiger partial charge in [-0.2, -0.15) is 0 Å². The first-order chi connectivity index (χ1) is 10.2. The molecule has 1 heterocycles. The standard InChI is InChI=1S/C16H13ClF2N2/c17-10-16-20-14-5-4-13(19)9-15(14)21(16)7-6-11-2-1-3-12(18)8-11/h1-5,8-9H,6-7,10H2. The number of fused-ring (bicyclic) bond motifs is 1. The van der Waals surface area contributed by atoms with Crippen LogP contribution in [-0.2, 0) is 18.8 Å². The summed E-state index contributed by atoms with van der Waals surface area (Å²) in [5.41, 5.74) is 2.31. The largest absolute Gasteiger partial charge is 0.327 e. The summed E-state index contributed by atoms with van der Waals surface area (Å²) in [7, 11) is 0. The van der Waals surface area contributed by atoms with Gasteiger partial charge < -0.3 is 4.57 Å². The molecular weight excluding hydrogens is 294 g/mol. The molecule has 0 fully saturated rings. The summed E-state index contributed by atoms with van der Waals surface area (Å²) < 4.78 is 28.5. The second kappa shape index (κ2) is 5.82. The van der Waals surface area contributed by atoms with E-state index in [9.17, 15) is 8.78 Å². The van der Waals surface area contributed by atoms with Gasteiger partial charge in [0.1, 0.15) is 17.5 Å². The van der Waals surface area contributed by atoms with Crippen LogP contribution in [0.5, 0.6) is 0 Å². The van der Waals surface area contributed by atoms with Gasteiger partial charge in [0.2, 0.25) is 0 Å². The van der Waals surface area contributed by atoms with Gasteiger partial charge >= 0.3 is 0 Å². The predicted molar refractivity (Wildman–Crippen MR) is 79.4 cm³/mol. The molecule has 0 bridgehead atoms. The Kier molecular flexibility index (Phi) is 3.88. The zero-order valence-electron chi connectivity index (χ0n) is 11.2. The Morgan fingerprint density at radius 2 is 1.86 bits per heavy atom. The molecule has 0 amide bonds. The molecule has 0 saturated heterocycles. The third-order valence-corrected chi connectivity index (χ3v) is 3.66. The summed E-state index contributed by atoms with van der Waals surface area (Å²) in [4.78, 5) is 4.39. The minimum atomic E-state index is -0.310. The van der Waals surface area contributed by atoms with E-state index in [4.69, 9.17) is 11.6 Å². The third-order valence-electron chi connectivity index (χ3n) is 3.42. The van der Waals surface area contributed by atoms with Crippen LogP contribution in [0.4, 0.5) is 8.78 Å². The summed E-state index contributed by atoms with van der Waals surface area (Å²) >= 11 is 5.91. The Labute approximate surface area is 126 Å². The normalized spacial score (nSPS) is 11.2. The number of aromatic nitrogens is 2. The lowest BCUT2D eigenvalue weighted by Crippen LogP contribution is -2.05. The van der Waals surface area contributed by atoms with E-state index in [1.165, 1.54) is 24.3 Å². The van der Waals surface area contributed by atoms with Gasteiger partial charge in [-0.15, -0.1) is 11.6 Å². The highest BCUT2D eigenvalue weighted by Gasteiger charge is 2.11. The van der Waals surface area contributed by atoms with Crippen LogP contribution in [0.2, 0.25) is 0 Å². The number of imidazole rings is 1. The molecule has 0 N–H and O–H groups in total. The molecule has 0 aliphatic rings. The SMILES string of the molecule is Fc1cccc(CCn2c(CCl)nc3ccc(F)cc32)c1. The number of nitrogens with zero attached hydrogens (tertiary/aromatic N) is 2. The highest BCUT2D eigenvalue weighted by molar-refractivity contribution is 6.16. The molecule has 0 unspecified atom stereocenters. The van der Waals surface area contributed by atoms with Crippen LogP contribution in [-0.4, -0.2) is 9.55 Å². The number of rotatable bonds is 4. The Morgan fingerprint density at radius 1 is 1.05 bits per heavy atom. The molecule has 0 aliphatic heterocycles. The molecule has 2 aromatic carbocycles. The van der Waals surface area contributed by atoms with Crippen molar-refractivity contribution in [1.29, 1.82) is 0 Å². The highest BCUT2D eigenvalue weighted by atomic mass is 35.5. The van der Waals surface area contributed by atoms with E-state index < -0.39 is 0 Å². The van der Waals surface area contributed by atoms with Gasteiger partial charge in [0.15, 0.2) is 0 Å². The van der Waals surface area contributed by atoms with Gasteiger partial charge in [-0.1, -0.05) is 12.1 Å². The van der Waals surface area contributed by atoms with Crippen LogP contribution in [0.25, 0.3) is 11.0 Å². The van der Waals surface area contributed by atoms with Crippen molar-refractivity contribution in [3.05, 3.63) is 65.5 Å². The van der Waals surface area contributed by atoms with E-state index in [-0.39, 0.29) is 17.5 Å². The molecule has 108 valence electrons. The van der Waals surface area contributed by atoms with Crippen LogP contribution in [0.1, 0.15) is 11.4 Å². The second-order valence-electron chi connectivity index (χ2n) is 4.83. The van der Waals surface area contributed by atoms with Crippen molar-refractivity contribution in [2.75, 3.05) is 0 Å². The van der Waals surface area contributed by atoms with Crippen LogP contribution in [0, 0.1) is 11.6 Å². The Balaban J connectivity index is 1.93. The topological polar surface area (TPSA) is 17.8 Å². The maximum Gasteiger partial charge on any atom is 0.125 e. The van der Waals surface area contributed by atoms with Gasteiger partial charge in [-0.3, -0.25) is 0 Å². The molecule has 3 rings (SSSR count). The molecule has 2 nitrogen and oxygen atoms in total. The van der Waals surface area contributed by atoms with Gasteiger partial charge in [-0.05, 0) is 42.3 Å². The zero-order chi connectivity index (χ0) is 14.8. The number of hydrogen-bond acceptors (Lipinski definition) is 1. The van der Waals surface area contributed by atoms with Gasteiger partial charge in [0.05, 0.1) is 16.9 Å². The molecule has 3 aromatic rings. The molecule has 0 spiro atoms.